The van der Waals surface area contributed by atoms with Crippen molar-refractivity contribution in [2.45, 2.75) is 104 Å². The number of aromatic nitrogens is 3. The van der Waals surface area contributed by atoms with E-state index in [0.717, 1.165) is 10.2 Å². The van der Waals surface area contributed by atoms with Gasteiger partial charge in [0.2, 0.25) is 5.95 Å². The second-order valence-electron chi connectivity index (χ2n) is 14.2. The third-order valence-electron chi connectivity index (χ3n) is 6.50. The summed E-state index contributed by atoms with van der Waals surface area (Å²) in [5.41, 5.74) is 4.54. The fraction of sp³-hybridized carbons (Fsp3) is 0.562. The number of nitrogens with zero attached hydrogens (tertiary/aromatic N) is 3. The van der Waals surface area contributed by atoms with Gasteiger partial charge < -0.3 is 39.5 Å². The number of nitrogens with one attached hydrogen (secondary N) is 1. The minimum Gasteiger partial charge on any atom is -0.434 e. The van der Waals surface area contributed by atoms with Crippen LogP contribution < -0.4 is 11.1 Å². The molecule has 48 heavy (non-hydrogen) atoms. The van der Waals surface area contributed by atoms with Gasteiger partial charge in [-0.2, -0.15) is 4.98 Å². The molecule has 1 saturated carbocycles. The maximum atomic E-state index is 13.1. The lowest BCUT2D eigenvalue weighted by Crippen LogP contribution is -2.44. The molecule has 2 aromatic heterocycles. The number of fused-ring (bicyclic) bond motifs is 1. The van der Waals surface area contributed by atoms with Crippen LogP contribution in [0.25, 0.3) is 20.8 Å². The molecule has 0 bridgehead atoms. The molecular formula is C32H42ClN5O9S. The lowest BCUT2D eigenvalue weighted by molar-refractivity contribution is -0.0907. The zero-order valence-electron chi connectivity index (χ0n) is 28.4. The number of hydrogen-bond acceptors (Lipinski definition) is 15. The molecule has 3 N–H and O–H groups in total. The molecule has 14 nitrogen and oxygen atoms in total. The molecule has 2 heterocycles. The van der Waals surface area contributed by atoms with E-state index in [1.165, 1.54) is 11.3 Å². The topological polar surface area (TPSA) is 183 Å². The molecule has 0 spiro atoms. The van der Waals surface area contributed by atoms with Crippen LogP contribution in [-0.4, -0.2) is 75.1 Å². The molecule has 1 aliphatic rings. The highest BCUT2D eigenvalue weighted by atomic mass is 35.5. The SMILES string of the molecule is CC(C)(C)OC(=O)OC[C@H]1C[C@@H](Nc2nc(N)nc(Cl)c2-c2nc3ccccc3s2)[C@H](OC(=O)OC(C)(C)C)[C@@H]1OC(=O)OC(C)(C)C. The van der Waals surface area contributed by atoms with Gasteiger partial charge in [-0.25, -0.2) is 24.4 Å². The quantitative estimate of drug-likeness (QED) is 0.141. The van der Waals surface area contributed by atoms with E-state index in [2.05, 4.69) is 15.3 Å². The third-order valence-corrected chi connectivity index (χ3v) is 7.83. The van der Waals surface area contributed by atoms with Crippen LogP contribution in [0, 0.1) is 5.92 Å². The van der Waals surface area contributed by atoms with Crippen LogP contribution in [0.5, 0.6) is 0 Å². The van der Waals surface area contributed by atoms with Crippen molar-refractivity contribution < 1.29 is 42.8 Å². The van der Waals surface area contributed by atoms with Crippen molar-refractivity contribution in [3.8, 4) is 10.6 Å². The summed E-state index contributed by atoms with van der Waals surface area (Å²) in [6, 6.07) is 6.74. The summed E-state index contributed by atoms with van der Waals surface area (Å²) in [6.45, 7) is 14.9. The van der Waals surface area contributed by atoms with Crippen LogP contribution in [0.2, 0.25) is 5.15 Å². The molecule has 0 aliphatic heterocycles. The number of hydrogen-bond donors (Lipinski definition) is 2. The number of halogens is 1. The number of para-hydroxylation sites is 1. The average Bonchev–Trinajstić information content (AvgIpc) is 3.45. The fourth-order valence-electron chi connectivity index (χ4n) is 4.83. The van der Waals surface area contributed by atoms with Gasteiger partial charge in [0.15, 0.2) is 12.2 Å². The Labute approximate surface area is 287 Å². The van der Waals surface area contributed by atoms with Crippen LogP contribution in [-0.2, 0) is 28.4 Å². The number of carbonyl (C=O) groups is 3. The first-order chi connectivity index (χ1) is 22.2. The average molecular weight is 708 g/mol. The molecular weight excluding hydrogens is 666 g/mol. The summed E-state index contributed by atoms with van der Waals surface area (Å²) in [4.78, 5) is 51.9. The zero-order chi connectivity index (χ0) is 35.6. The van der Waals surface area contributed by atoms with E-state index in [9.17, 15) is 14.4 Å². The molecule has 0 unspecified atom stereocenters. The monoisotopic (exact) mass is 707 g/mol. The number of benzene rings is 1. The fourth-order valence-corrected chi connectivity index (χ4v) is 6.17. The zero-order valence-corrected chi connectivity index (χ0v) is 30.0. The van der Waals surface area contributed by atoms with Gasteiger partial charge in [-0.3, -0.25) is 0 Å². The molecule has 262 valence electrons. The molecule has 4 rings (SSSR count). The summed E-state index contributed by atoms with van der Waals surface area (Å²) in [5, 5.41) is 3.83. The van der Waals surface area contributed by atoms with Gasteiger partial charge in [-0.15, -0.1) is 11.3 Å². The minimum absolute atomic E-state index is 0.0398. The Bertz CT molecular complexity index is 1610. The van der Waals surface area contributed by atoms with Crippen molar-refractivity contribution >= 4 is 63.4 Å². The van der Waals surface area contributed by atoms with E-state index in [-0.39, 0.29) is 29.9 Å². The van der Waals surface area contributed by atoms with Crippen LogP contribution in [0.3, 0.4) is 0 Å². The van der Waals surface area contributed by atoms with Crippen molar-refractivity contribution in [2.75, 3.05) is 17.7 Å². The summed E-state index contributed by atoms with van der Waals surface area (Å²) >= 11 is 8.01. The van der Waals surface area contributed by atoms with Gasteiger partial charge >= 0.3 is 18.5 Å². The predicted octanol–water partition coefficient (Wildman–Crippen LogP) is 7.38. The van der Waals surface area contributed by atoms with E-state index in [1.54, 1.807) is 62.3 Å². The normalized spacial score (nSPS) is 19.8. The first-order valence-corrected chi connectivity index (χ1v) is 16.5. The first-order valence-electron chi connectivity index (χ1n) is 15.3. The molecule has 3 aromatic rings. The highest BCUT2D eigenvalue weighted by Gasteiger charge is 2.50. The van der Waals surface area contributed by atoms with Gasteiger partial charge in [-0.05, 0) is 80.9 Å². The molecule has 0 amide bonds. The number of nitrogen functional groups attached to an aromatic ring is 1. The van der Waals surface area contributed by atoms with E-state index in [4.69, 9.17) is 50.7 Å². The van der Waals surface area contributed by atoms with Gasteiger partial charge in [0.05, 0.1) is 21.8 Å². The Morgan fingerprint density at radius 3 is 2.00 bits per heavy atom. The maximum absolute atomic E-state index is 13.1. The highest BCUT2D eigenvalue weighted by molar-refractivity contribution is 7.21. The maximum Gasteiger partial charge on any atom is 0.509 e. The lowest BCUT2D eigenvalue weighted by atomic mass is 10.1. The number of carbonyl (C=O) groups excluding carboxylic acids is 3. The summed E-state index contributed by atoms with van der Waals surface area (Å²) in [7, 11) is 0. The molecule has 0 saturated heterocycles. The number of thiazole rings is 1. The molecule has 16 heteroatoms. The van der Waals surface area contributed by atoms with Crippen LogP contribution >= 0.6 is 22.9 Å². The van der Waals surface area contributed by atoms with Gasteiger partial charge in [0, 0.05) is 5.92 Å². The minimum atomic E-state index is -1.20. The predicted molar refractivity (Wildman–Crippen MR) is 180 cm³/mol. The van der Waals surface area contributed by atoms with Gasteiger partial charge in [0.1, 0.15) is 39.4 Å². The van der Waals surface area contributed by atoms with Crippen molar-refractivity contribution in [3.05, 3.63) is 29.4 Å². The van der Waals surface area contributed by atoms with Crippen molar-refractivity contribution in [1.82, 2.24) is 15.0 Å². The molecule has 0 radical (unpaired) electrons. The van der Waals surface area contributed by atoms with Crippen LogP contribution in [0.15, 0.2) is 24.3 Å². The van der Waals surface area contributed by atoms with Crippen molar-refractivity contribution in [2.24, 2.45) is 5.92 Å². The van der Waals surface area contributed by atoms with Crippen molar-refractivity contribution in [1.29, 1.82) is 0 Å². The van der Waals surface area contributed by atoms with E-state index in [1.807, 2.05) is 24.3 Å². The molecule has 4 atom stereocenters. The van der Waals surface area contributed by atoms with E-state index in [0.29, 0.717) is 10.6 Å². The van der Waals surface area contributed by atoms with Crippen molar-refractivity contribution in [3.63, 3.8) is 0 Å². The Morgan fingerprint density at radius 1 is 0.854 bits per heavy atom. The Hall–Kier alpha value is -4.11. The number of rotatable bonds is 7. The molecule has 1 fully saturated rings. The number of ether oxygens (including phenoxy) is 6. The second kappa shape index (κ2) is 14.2. The van der Waals surface area contributed by atoms with E-state index >= 15 is 0 Å². The van der Waals surface area contributed by atoms with Gasteiger partial charge in [0.25, 0.3) is 0 Å². The van der Waals surface area contributed by atoms with Crippen LogP contribution in [0.4, 0.5) is 26.1 Å². The standard InChI is InChI=1S/C32H42ClN5O9S/c1-30(2,3)45-27(39)42-15-16-14-18(22(44-29(41)47-32(7,8)9)21(16)43-28(40)46-31(4,5)6)35-24-20(23(33)37-26(34)38-24)25-36-17-12-10-11-13-19(17)48-25/h10-13,16,18,21-22H,14-15H2,1-9H3,(H3,34,35,37,38)/t16-,18-,21-,22+/m1/s1. The molecule has 1 aromatic carbocycles. The smallest absolute Gasteiger partial charge is 0.434 e. The van der Waals surface area contributed by atoms with Crippen LogP contribution in [0.1, 0.15) is 68.7 Å². The Kier molecular flexibility index (Phi) is 10.8. The summed E-state index contributed by atoms with van der Waals surface area (Å²) < 4.78 is 34.1. The highest BCUT2D eigenvalue weighted by Crippen LogP contribution is 2.41. The number of nitrogens with two attached hydrogens (primary N) is 1. The Balaban J connectivity index is 1.74. The number of anilines is 2. The lowest BCUT2D eigenvalue weighted by Gasteiger charge is -2.29. The second-order valence-corrected chi connectivity index (χ2v) is 15.6. The molecule has 1 aliphatic carbocycles. The largest absolute Gasteiger partial charge is 0.509 e. The Morgan fingerprint density at radius 2 is 1.42 bits per heavy atom. The first kappa shape index (κ1) is 36.7. The summed E-state index contributed by atoms with van der Waals surface area (Å²) in [6.07, 6.45) is -5.18. The summed E-state index contributed by atoms with van der Waals surface area (Å²) in [5.74, 6) is -0.643. The van der Waals surface area contributed by atoms with E-state index < -0.39 is 59.4 Å². The third kappa shape index (κ3) is 10.2. The van der Waals surface area contributed by atoms with Gasteiger partial charge in [-0.1, -0.05) is 23.7 Å².